The second kappa shape index (κ2) is 15.9. The van der Waals surface area contributed by atoms with E-state index in [9.17, 15) is 9.59 Å². The minimum atomic E-state index is -0.628. The lowest BCUT2D eigenvalue weighted by Crippen LogP contribution is -2.07. The third-order valence-electron chi connectivity index (χ3n) is 3.77. The summed E-state index contributed by atoms with van der Waals surface area (Å²) in [6, 6.07) is 3.33. The second-order valence-electron chi connectivity index (χ2n) is 5.99. The van der Waals surface area contributed by atoms with Gasteiger partial charge in [-0.2, -0.15) is 10.5 Å². The van der Waals surface area contributed by atoms with Crippen molar-refractivity contribution in [3.63, 3.8) is 0 Å². The number of nitriles is 2. The molecule has 0 heterocycles. The molecule has 142 valence electrons. The molecule has 0 saturated heterocycles. The van der Waals surface area contributed by atoms with Crippen LogP contribution < -0.4 is 0 Å². The predicted molar refractivity (Wildman–Crippen MR) is 97.6 cm³/mol. The molecule has 0 bridgehead atoms. The van der Waals surface area contributed by atoms with Crippen molar-refractivity contribution in [2.45, 2.75) is 64.2 Å². The van der Waals surface area contributed by atoms with Gasteiger partial charge in [-0.1, -0.05) is 64.5 Å². The molecular formula is C20H28N2O4. The molecular weight excluding hydrogens is 332 g/mol. The number of carbonyl (C=O) groups is 2. The molecule has 0 aliphatic heterocycles. The van der Waals surface area contributed by atoms with E-state index in [0.29, 0.717) is 13.2 Å². The number of hydrogen-bond donors (Lipinski definition) is 0. The van der Waals surface area contributed by atoms with E-state index in [-0.39, 0.29) is 11.1 Å². The van der Waals surface area contributed by atoms with Gasteiger partial charge in [-0.05, 0) is 12.8 Å². The molecule has 26 heavy (non-hydrogen) atoms. The Morgan fingerprint density at radius 3 is 1.15 bits per heavy atom. The van der Waals surface area contributed by atoms with Gasteiger partial charge in [0.15, 0.2) is 0 Å². The standard InChI is InChI=1S/C20H28N2O4/c1-17(15-21)19(23)25-13-11-9-7-5-3-4-6-8-10-12-14-26-20(24)18(2)16-22/h1-14H2. The number of ether oxygens (including phenoxy) is 2. The molecule has 6 nitrogen and oxygen atoms in total. The van der Waals surface area contributed by atoms with Gasteiger partial charge in [0.2, 0.25) is 0 Å². The molecule has 0 atom stereocenters. The number of carbonyl (C=O) groups excluding carboxylic acids is 2. The Morgan fingerprint density at radius 2 is 0.885 bits per heavy atom. The number of nitrogens with zero attached hydrogens (tertiary/aromatic N) is 2. The van der Waals surface area contributed by atoms with E-state index in [4.69, 9.17) is 20.0 Å². The van der Waals surface area contributed by atoms with Crippen LogP contribution in [0.3, 0.4) is 0 Å². The molecule has 0 unspecified atom stereocenters. The Morgan fingerprint density at radius 1 is 0.615 bits per heavy atom. The van der Waals surface area contributed by atoms with Crippen LogP contribution in [0, 0.1) is 22.7 Å². The Bertz CT molecular complexity index is 505. The van der Waals surface area contributed by atoms with Crippen molar-refractivity contribution in [2.75, 3.05) is 13.2 Å². The van der Waals surface area contributed by atoms with Crippen molar-refractivity contribution in [3.8, 4) is 12.1 Å². The zero-order chi connectivity index (χ0) is 19.6. The molecule has 0 amide bonds. The first-order valence-corrected chi connectivity index (χ1v) is 9.05. The molecule has 0 aromatic heterocycles. The maximum absolute atomic E-state index is 11.2. The maximum atomic E-state index is 11.2. The van der Waals surface area contributed by atoms with Gasteiger partial charge in [0, 0.05) is 0 Å². The molecule has 0 radical (unpaired) electrons. The van der Waals surface area contributed by atoms with Crippen molar-refractivity contribution in [2.24, 2.45) is 0 Å². The highest BCUT2D eigenvalue weighted by Gasteiger charge is 2.07. The van der Waals surface area contributed by atoms with Crippen LogP contribution in [-0.2, 0) is 19.1 Å². The van der Waals surface area contributed by atoms with Crippen LogP contribution in [0.5, 0.6) is 0 Å². The molecule has 0 fully saturated rings. The molecule has 0 rings (SSSR count). The van der Waals surface area contributed by atoms with Gasteiger partial charge in [-0.3, -0.25) is 0 Å². The summed E-state index contributed by atoms with van der Waals surface area (Å²) in [4.78, 5) is 22.3. The van der Waals surface area contributed by atoms with E-state index in [1.165, 1.54) is 12.8 Å². The van der Waals surface area contributed by atoms with Crippen LogP contribution in [0.25, 0.3) is 0 Å². The number of rotatable bonds is 15. The van der Waals surface area contributed by atoms with Gasteiger partial charge in [-0.15, -0.1) is 0 Å². The fraction of sp³-hybridized carbons (Fsp3) is 0.600. The van der Waals surface area contributed by atoms with Crippen LogP contribution in [0.1, 0.15) is 64.2 Å². The zero-order valence-corrected chi connectivity index (χ0v) is 15.4. The zero-order valence-electron chi connectivity index (χ0n) is 15.4. The molecule has 0 N–H and O–H groups in total. The smallest absolute Gasteiger partial charge is 0.348 e. The summed E-state index contributed by atoms with van der Waals surface area (Å²) < 4.78 is 9.82. The molecule has 0 aromatic carbocycles. The van der Waals surface area contributed by atoms with Crippen LogP contribution in [0.2, 0.25) is 0 Å². The lowest BCUT2D eigenvalue weighted by molar-refractivity contribution is -0.139. The number of hydrogen-bond acceptors (Lipinski definition) is 6. The average molecular weight is 360 g/mol. The Balaban J connectivity index is 3.28. The largest absolute Gasteiger partial charge is 0.462 e. The normalized spacial score (nSPS) is 9.62. The fourth-order valence-electron chi connectivity index (χ4n) is 2.21. The van der Waals surface area contributed by atoms with Gasteiger partial charge in [0.1, 0.15) is 23.3 Å². The van der Waals surface area contributed by atoms with Gasteiger partial charge >= 0.3 is 11.9 Å². The Labute approximate surface area is 156 Å². The summed E-state index contributed by atoms with van der Waals surface area (Å²) in [5.41, 5.74) is -0.313. The van der Waals surface area contributed by atoms with E-state index in [1.807, 2.05) is 0 Å². The maximum Gasteiger partial charge on any atom is 0.348 e. The van der Waals surface area contributed by atoms with Gasteiger partial charge in [0.25, 0.3) is 0 Å². The number of unbranched alkanes of at least 4 members (excludes halogenated alkanes) is 9. The lowest BCUT2D eigenvalue weighted by atomic mass is 10.1. The van der Waals surface area contributed by atoms with Crippen LogP contribution >= 0.6 is 0 Å². The van der Waals surface area contributed by atoms with E-state index >= 15 is 0 Å². The summed E-state index contributed by atoms with van der Waals surface area (Å²) in [6.07, 6.45) is 10.5. The summed E-state index contributed by atoms with van der Waals surface area (Å²) >= 11 is 0. The first-order chi connectivity index (χ1) is 12.5. The average Bonchev–Trinajstić information content (AvgIpc) is 2.66. The summed E-state index contributed by atoms with van der Waals surface area (Å²) in [6.45, 7) is 7.28. The summed E-state index contributed by atoms with van der Waals surface area (Å²) in [7, 11) is 0. The third-order valence-corrected chi connectivity index (χ3v) is 3.77. The minimum Gasteiger partial charge on any atom is -0.462 e. The summed E-state index contributed by atoms with van der Waals surface area (Å²) in [5.74, 6) is -1.26. The van der Waals surface area contributed by atoms with Crippen LogP contribution in [0.15, 0.2) is 24.3 Å². The first kappa shape index (κ1) is 23.4. The quantitative estimate of drug-likeness (QED) is 0.188. The highest BCUT2D eigenvalue weighted by atomic mass is 16.5. The predicted octanol–water partition coefficient (Wildman–Crippen LogP) is 4.13. The van der Waals surface area contributed by atoms with Gasteiger partial charge in [0.05, 0.1) is 13.2 Å². The Kier molecular flexibility index (Phi) is 14.3. The van der Waals surface area contributed by atoms with E-state index in [0.717, 1.165) is 51.4 Å². The molecule has 0 aliphatic rings. The molecule has 0 spiro atoms. The van der Waals surface area contributed by atoms with Crippen molar-refractivity contribution in [1.29, 1.82) is 10.5 Å². The highest BCUT2D eigenvalue weighted by Crippen LogP contribution is 2.11. The monoisotopic (exact) mass is 360 g/mol. The highest BCUT2D eigenvalue weighted by molar-refractivity contribution is 5.92. The summed E-state index contributed by atoms with van der Waals surface area (Å²) in [5, 5.41) is 17.0. The topological polar surface area (TPSA) is 100 Å². The second-order valence-corrected chi connectivity index (χ2v) is 5.99. The Hall–Kier alpha value is -2.60. The van der Waals surface area contributed by atoms with Crippen molar-refractivity contribution < 1.29 is 19.1 Å². The SMILES string of the molecule is C=C(C#N)C(=O)OCCCCCCCCCCCCOC(=O)C(=C)C#N. The van der Waals surface area contributed by atoms with E-state index in [2.05, 4.69) is 13.2 Å². The molecule has 0 aromatic rings. The van der Waals surface area contributed by atoms with E-state index < -0.39 is 11.9 Å². The molecule has 0 aliphatic carbocycles. The third kappa shape index (κ3) is 12.8. The van der Waals surface area contributed by atoms with E-state index in [1.54, 1.807) is 12.1 Å². The number of esters is 2. The fourth-order valence-corrected chi connectivity index (χ4v) is 2.21. The van der Waals surface area contributed by atoms with Gasteiger partial charge < -0.3 is 9.47 Å². The van der Waals surface area contributed by atoms with Crippen molar-refractivity contribution in [1.82, 2.24) is 0 Å². The minimum absolute atomic E-state index is 0.157. The molecule has 6 heteroatoms. The first-order valence-electron chi connectivity index (χ1n) is 9.05. The lowest BCUT2D eigenvalue weighted by Gasteiger charge is -2.05. The van der Waals surface area contributed by atoms with Crippen molar-refractivity contribution >= 4 is 11.9 Å². The van der Waals surface area contributed by atoms with Crippen molar-refractivity contribution in [3.05, 3.63) is 24.3 Å². The van der Waals surface area contributed by atoms with Crippen LogP contribution in [-0.4, -0.2) is 25.2 Å². The van der Waals surface area contributed by atoms with Gasteiger partial charge in [-0.25, -0.2) is 9.59 Å². The molecule has 0 saturated carbocycles. The van der Waals surface area contributed by atoms with Crippen LogP contribution in [0.4, 0.5) is 0 Å².